The quantitative estimate of drug-likeness (QED) is 0.703. The van der Waals surface area contributed by atoms with Crippen molar-refractivity contribution in [3.8, 4) is 0 Å². The van der Waals surface area contributed by atoms with Crippen LogP contribution in [0.3, 0.4) is 0 Å². The normalized spacial score (nSPS) is 15.0. The van der Waals surface area contributed by atoms with E-state index in [9.17, 15) is 9.59 Å². The van der Waals surface area contributed by atoms with Crippen molar-refractivity contribution in [1.82, 2.24) is 4.90 Å². The number of benzene rings is 2. The van der Waals surface area contributed by atoms with Crippen LogP contribution >= 0.6 is 15.9 Å². The van der Waals surface area contributed by atoms with Gasteiger partial charge in [0.1, 0.15) is 5.71 Å². The molecule has 1 fully saturated rings. The minimum atomic E-state index is -0.386. The number of carbonyl (C=O) groups excluding carboxylic acids is 2. The van der Waals surface area contributed by atoms with Crippen molar-refractivity contribution < 1.29 is 9.59 Å². The van der Waals surface area contributed by atoms with Crippen LogP contribution in [0, 0.1) is 0 Å². The van der Waals surface area contributed by atoms with Gasteiger partial charge in [0.25, 0.3) is 11.8 Å². The van der Waals surface area contributed by atoms with Gasteiger partial charge < -0.3 is 4.90 Å². The number of hydrogen-bond donors (Lipinski definition) is 0. The van der Waals surface area contributed by atoms with Gasteiger partial charge in [0.15, 0.2) is 0 Å². The second kappa shape index (κ2) is 8.90. The van der Waals surface area contributed by atoms with Gasteiger partial charge in [0.05, 0.1) is 0 Å². The first-order chi connectivity index (χ1) is 12.6. The molecular weight excluding hydrogens is 392 g/mol. The molecule has 134 valence electrons. The SMILES string of the molecule is O=C(N=C(Cc1ccccc1)C(=O)N1CCCCC1)c1cccc(Br)c1. The summed E-state index contributed by atoms with van der Waals surface area (Å²) in [5, 5.41) is 0. The zero-order chi connectivity index (χ0) is 18.4. The van der Waals surface area contributed by atoms with Crippen molar-refractivity contribution >= 4 is 33.5 Å². The Morgan fingerprint density at radius 2 is 1.69 bits per heavy atom. The third kappa shape index (κ3) is 4.88. The van der Waals surface area contributed by atoms with E-state index in [1.54, 1.807) is 18.2 Å². The largest absolute Gasteiger partial charge is 0.338 e. The molecule has 0 unspecified atom stereocenters. The Balaban J connectivity index is 1.88. The van der Waals surface area contributed by atoms with E-state index in [0.717, 1.165) is 42.4 Å². The van der Waals surface area contributed by atoms with Gasteiger partial charge in [-0.1, -0.05) is 52.3 Å². The lowest BCUT2D eigenvalue weighted by Gasteiger charge is -2.27. The summed E-state index contributed by atoms with van der Waals surface area (Å²) < 4.78 is 0.811. The first-order valence-corrected chi connectivity index (χ1v) is 9.63. The molecule has 4 nitrogen and oxygen atoms in total. The van der Waals surface area contributed by atoms with E-state index in [0.29, 0.717) is 17.7 Å². The Kier molecular flexibility index (Phi) is 6.34. The molecule has 2 amide bonds. The van der Waals surface area contributed by atoms with Gasteiger partial charge in [-0.05, 0) is 43.0 Å². The zero-order valence-electron chi connectivity index (χ0n) is 14.5. The number of likely N-dealkylation sites (tertiary alicyclic amines) is 1. The van der Waals surface area contributed by atoms with E-state index in [1.807, 2.05) is 41.3 Å². The summed E-state index contributed by atoms with van der Waals surface area (Å²) in [5.41, 5.74) is 1.75. The van der Waals surface area contributed by atoms with Crippen molar-refractivity contribution in [3.63, 3.8) is 0 Å². The molecule has 0 saturated carbocycles. The average Bonchev–Trinajstić information content (AvgIpc) is 2.68. The maximum Gasteiger partial charge on any atom is 0.277 e. The summed E-state index contributed by atoms with van der Waals surface area (Å²) >= 11 is 3.37. The molecule has 5 heteroatoms. The first-order valence-electron chi connectivity index (χ1n) is 8.84. The molecule has 1 saturated heterocycles. The molecule has 0 N–H and O–H groups in total. The van der Waals surface area contributed by atoms with Crippen LogP contribution in [0.4, 0.5) is 0 Å². The highest BCUT2D eigenvalue weighted by molar-refractivity contribution is 9.10. The van der Waals surface area contributed by atoms with Crippen molar-refractivity contribution in [2.24, 2.45) is 4.99 Å². The molecule has 0 aliphatic carbocycles. The van der Waals surface area contributed by atoms with Gasteiger partial charge in [0, 0.05) is 29.5 Å². The maximum atomic E-state index is 13.0. The summed E-state index contributed by atoms with van der Waals surface area (Å²) in [7, 11) is 0. The van der Waals surface area contributed by atoms with Gasteiger partial charge in [-0.3, -0.25) is 9.59 Å². The Labute approximate surface area is 162 Å². The van der Waals surface area contributed by atoms with Gasteiger partial charge >= 0.3 is 0 Å². The van der Waals surface area contributed by atoms with Gasteiger partial charge in [-0.15, -0.1) is 0 Å². The molecule has 2 aromatic rings. The van der Waals surface area contributed by atoms with Crippen LogP contribution in [0.2, 0.25) is 0 Å². The highest BCUT2D eigenvalue weighted by atomic mass is 79.9. The smallest absolute Gasteiger partial charge is 0.277 e. The lowest BCUT2D eigenvalue weighted by atomic mass is 10.1. The van der Waals surface area contributed by atoms with Crippen LogP contribution in [0.1, 0.15) is 35.2 Å². The fraction of sp³-hybridized carbons (Fsp3) is 0.286. The minimum Gasteiger partial charge on any atom is -0.338 e. The number of nitrogens with zero attached hydrogens (tertiary/aromatic N) is 2. The highest BCUT2D eigenvalue weighted by Crippen LogP contribution is 2.15. The molecule has 0 atom stereocenters. The first kappa shape index (κ1) is 18.5. The van der Waals surface area contributed by atoms with E-state index >= 15 is 0 Å². The zero-order valence-corrected chi connectivity index (χ0v) is 16.1. The molecule has 3 rings (SSSR count). The summed E-state index contributed by atoms with van der Waals surface area (Å²) in [6.07, 6.45) is 3.51. The summed E-state index contributed by atoms with van der Waals surface area (Å²) in [6, 6.07) is 16.7. The average molecular weight is 413 g/mol. The van der Waals surface area contributed by atoms with Crippen molar-refractivity contribution in [3.05, 3.63) is 70.2 Å². The minimum absolute atomic E-state index is 0.128. The number of hydrogen-bond acceptors (Lipinski definition) is 2. The second-order valence-corrected chi connectivity index (χ2v) is 7.30. The monoisotopic (exact) mass is 412 g/mol. The Morgan fingerprint density at radius 3 is 2.38 bits per heavy atom. The molecule has 1 heterocycles. The predicted molar refractivity (Wildman–Crippen MR) is 106 cm³/mol. The Hall–Kier alpha value is -2.27. The number of piperidine rings is 1. The number of halogens is 1. The van der Waals surface area contributed by atoms with Gasteiger partial charge in [-0.2, -0.15) is 0 Å². The van der Waals surface area contributed by atoms with E-state index in [1.165, 1.54) is 0 Å². The third-order valence-electron chi connectivity index (χ3n) is 4.41. The van der Waals surface area contributed by atoms with Crippen LogP contribution < -0.4 is 0 Å². The van der Waals surface area contributed by atoms with Crippen LogP contribution in [-0.2, 0) is 11.2 Å². The van der Waals surface area contributed by atoms with Crippen LogP contribution in [0.5, 0.6) is 0 Å². The van der Waals surface area contributed by atoms with Crippen LogP contribution in [0.25, 0.3) is 0 Å². The fourth-order valence-corrected chi connectivity index (χ4v) is 3.44. The molecule has 26 heavy (non-hydrogen) atoms. The summed E-state index contributed by atoms with van der Waals surface area (Å²) in [5.74, 6) is -0.514. The van der Waals surface area contributed by atoms with E-state index in [4.69, 9.17) is 0 Å². The molecular formula is C21H21BrN2O2. The topological polar surface area (TPSA) is 49.7 Å². The Bertz CT molecular complexity index is 812. The molecule has 0 radical (unpaired) electrons. The van der Waals surface area contributed by atoms with Gasteiger partial charge in [-0.25, -0.2) is 4.99 Å². The lowest BCUT2D eigenvalue weighted by molar-refractivity contribution is -0.125. The molecule has 0 spiro atoms. The Morgan fingerprint density at radius 1 is 0.962 bits per heavy atom. The second-order valence-electron chi connectivity index (χ2n) is 6.39. The van der Waals surface area contributed by atoms with Crippen molar-refractivity contribution in [1.29, 1.82) is 0 Å². The van der Waals surface area contributed by atoms with E-state index in [2.05, 4.69) is 20.9 Å². The van der Waals surface area contributed by atoms with E-state index < -0.39 is 0 Å². The standard InChI is InChI=1S/C21H21BrN2O2/c22-18-11-7-10-17(15-18)20(25)23-19(14-16-8-3-1-4-9-16)21(26)24-12-5-2-6-13-24/h1,3-4,7-11,15H,2,5-6,12-14H2. The summed E-state index contributed by atoms with van der Waals surface area (Å²) in [4.78, 5) is 31.6. The van der Waals surface area contributed by atoms with Crippen molar-refractivity contribution in [2.45, 2.75) is 25.7 Å². The van der Waals surface area contributed by atoms with Crippen LogP contribution in [-0.4, -0.2) is 35.5 Å². The fourth-order valence-electron chi connectivity index (χ4n) is 3.04. The highest BCUT2D eigenvalue weighted by Gasteiger charge is 2.23. The lowest BCUT2D eigenvalue weighted by Crippen LogP contribution is -2.41. The molecule has 1 aliphatic heterocycles. The molecule has 0 aromatic heterocycles. The third-order valence-corrected chi connectivity index (χ3v) is 4.91. The van der Waals surface area contributed by atoms with E-state index in [-0.39, 0.29) is 11.8 Å². The molecule has 1 aliphatic rings. The molecule has 2 aromatic carbocycles. The van der Waals surface area contributed by atoms with Gasteiger partial charge in [0.2, 0.25) is 0 Å². The van der Waals surface area contributed by atoms with Crippen molar-refractivity contribution in [2.75, 3.05) is 13.1 Å². The predicted octanol–water partition coefficient (Wildman–Crippen LogP) is 4.29. The number of amides is 2. The maximum absolute atomic E-state index is 13.0. The number of aliphatic imine (C=N–C) groups is 1. The molecule has 0 bridgehead atoms. The number of carbonyl (C=O) groups is 2. The van der Waals surface area contributed by atoms with Crippen LogP contribution in [0.15, 0.2) is 64.1 Å². The summed E-state index contributed by atoms with van der Waals surface area (Å²) in [6.45, 7) is 1.47. The number of rotatable bonds is 4.